The molecule has 0 bridgehead atoms. The zero-order valence-electron chi connectivity index (χ0n) is 15.0. The Morgan fingerprint density at radius 3 is 2.76 bits per heavy atom. The van der Waals surface area contributed by atoms with Gasteiger partial charge in [-0.2, -0.15) is 0 Å². The summed E-state index contributed by atoms with van der Waals surface area (Å²) in [5.74, 6) is 0.382. The summed E-state index contributed by atoms with van der Waals surface area (Å²) < 4.78 is 1.70. The molecule has 0 spiro atoms. The highest BCUT2D eigenvalue weighted by atomic mass is 32.2. The minimum absolute atomic E-state index is 0.0487. The van der Waals surface area contributed by atoms with Crippen molar-refractivity contribution in [3.63, 3.8) is 0 Å². The van der Waals surface area contributed by atoms with Crippen molar-refractivity contribution in [1.82, 2.24) is 14.9 Å². The van der Waals surface area contributed by atoms with Crippen LogP contribution in [0.4, 0.5) is 0 Å². The zero-order chi connectivity index (χ0) is 18.4. The number of aromatic nitrogens is 2. The van der Waals surface area contributed by atoms with E-state index in [0.717, 1.165) is 6.42 Å². The SMILES string of the molecule is C=CCNC(=O)C(C)Sc1nc2ccccc2c(=O)n1CCC(C)C. The molecular formula is C19H25N3O2S. The number of benzene rings is 1. The Balaban J connectivity index is 2.38. The van der Waals surface area contributed by atoms with Crippen LogP contribution >= 0.6 is 11.8 Å². The number of carbonyl (C=O) groups is 1. The Hall–Kier alpha value is -2.08. The molecule has 1 N–H and O–H groups in total. The summed E-state index contributed by atoms with van der Waals surface area (Å²) in [4.78, 5) is 29.7. The Kier molecular flexibility index (Phi) is 6.82. The van der Waals surface area contributed by atoms with Crippen molar-refractivity contribution in [2.45, 2.75) is 44.1 Å². The average molecular weight is 359 g/mol. The van der Waals surface area contributed by atoms with Crippen molar-refractivity contribution >= 4 is 28.6 Å². The lowest BCUT2D eigenvalue weighted by Gasteiger charge is -2.16. The van der Waals surface area contributed by atoms with E-state index in [0.29, 0.717) is 35.1 Å². The largest absolute Gasteiger partial charge is 0.352 e. The molecule has 1 heterocycles. The van der Waals surface area contributed by atoms with Crippen molar-refractivity contribution in [3.8, 4) is 0 Å². The summed E-state index contributed by atoms with van der Waals surface area (Å²) >= 11 is 1.31. The highest BCUT2D eigenvalue weighted by molar-refractivity contribution is 8.00. The van der Waals surface area contributed by atoms with Gasteiger partial charge in [-0.1, -0.05) is 43.8 Å². The van der Waals surface area contributed by atoms with Crippen LogP contribution in [0.2, 0.25) is 0 Å². The first-order chi connectivity index (χ1) is 11.9. The van der Waals surface area contributed by atoms with Crippen molar-refractivity contribution in [1.29, 1.82) is 0 Å². The molecule has 0 aliphatic rings. The monoisotopic (exact) mass is 359 g/mol. The van der Waals surface area contributed by atoms with Crippen LogP contribution in [0.15, 0.2) is 46.9 Å². The Morgan fingerprint density at radius 2 is 2.08 bits per heavy atom. The Labute approximate surface area is 152 Å². The fourth-order valence-corrected chi connectivity index (χ4v) is 3.31. The van der Waals surface area contributed by atoms with E-state index < -0.39 is 0 Å². The number of fused-ring (bicyclic) bond motifs is 1. The first kappa shape index (κ1) is 19.2. The van der Waals surface area contributed by atoms with Gasteiger partial charge in [0.15, 0.2) is 5.16 Å². The molecule has 5 nitrogen and oxygen atoms in total. The molecule has 1 amide bonds. The Bertz CT molecular complexity index is 814. The third-order valence-corrected chi connectivity index (χ3v) is 4.92. The van der Waals surface area contributed by atoms with Gasteiger partial charge in [-0.3, -0.25) is 14.2 Å². The second kappa shape index (κ2) is 8.85. The van der Waals surface area contributed by atoms with Gasteiger partial charge in [-0.25, -0.2) is 4.98 Å². The van der Waals surface area contributed by atoms with Crippen LogP contribution in [0.25, 0.3) is 10.9 Å². The lowest BCUT2D eigenvalue weighted by atomic mass is 10.1. The smallest absolute Gasteiger partial charge is 0.262 e. The van der Waals surface area contributed by atoms with Gasteiger partial charge >= 0.3 is 0 Å². The van der Waals surface area contributed by atoms with Gasteiger partial charge in [-0.05, 0) is 31.4 Å². The molecule has 25 heavy (non-hydrogen) atoms. The summed E-state index contributed by atoms with van der Waals surface area (Å²) in [6.45, 7) is 10.7. The third kappa shape index (κ3) is 4.95. The molecule has 1 unspecified atom stereocenters. The summed E-state index contributed by atoms with van der Waals surface area (Å²) in [7, 11) is 0. The molecule has 1 aromatic heterocycles. The van der Waals surface area contributed by atoms with E-state index in [9.17, 15) is 9.59 Å². The van der Waals surface area contributed by atoms with Crippen molar-refractivity contribution in [2.75, 3.05) is 6.54 Å². The number of hydrogen-bond acceptors (Lipinski definition) is 4. The van der Waals surface area contributed by atoms with Crippen LogP contribution in [-0.2, 0) is 11.3 Å². The quantitative estimate of drug-likeness (QED) is 0.446. The van der Waals surface area contributed by atoms with Crippen molar-refractivity contribution in [3.05, 3.63) is 47.3 Å². The second-order valence-corrected chi connectivity index (χ2v) is 7.65. The van der Waals surface area contributed by atoms with E-state index in [1.807, 2.05) is 25.1 Å². The molecule has 2 aromatic rings. The zero-order valence-corrected chi connectivity index (χ0v) is 15.8. The molecule has 2 rings (SSSR count). The predicted molar refractivity (Wildman–Crippen MR) is 104 cm³/mol. The van der Waals surface area contributed by atoms with Gasteiger partial charge in [0.05, 0.1) is 16.2 Å². The van der Waals surface area contributed by atoms with Gasteiger partial charge in [0.1, 0.15) is 0 Å². The maximum atomic E-state index is 12.9. The summed E-state index contributed by atoms with van der Waals surface area (Å²) in [6.07, 6.45) is 2.52. The minimum atomic E-state index is -0.349. The number of nitrogens with one attached hydrogen (secondary N) is 1. The number of para-hydroxylation sites is 1. The van der Waals surface area contributed by atoms with E-state index >= 15 is 0 Å². The van der Waals surface area contributed by atoms with Gasteiger partial charge < -0.3 is 5.32 Å². The lowest BCUT2D eigenvalue weighted by Crippen LogP contribution is -2.32. The topological polar surface area (TPSA) is 64.0 Å². The predicted octanol–water partition coefficient (Wildman–Crippen LogP) is 3.23. The van der Waals surface area contributed by atoms with Gasteiger partial charge in [-0.15, -0.1) is 6.58 Å². The lowest BCUT2D eigenvalue weighted by molar-refractivity contribution is -0.120. The third-order valence-electron chi connectivity index (χ3n) is 3.83. The van der Waals surface area contributed by atoms with Gasteiger partial charge in [0.2, 0.25) is 5.91 Å². The highest BCUT2D eigenvalue weighted by Gasteiger charge is 2.19. The van der Waals surface area contributed by atoms with Gasteiger partial charge in [0, 0.05) is 13.1 Å². The highest BCUT2D eigenvalue weighted by Crippen LogP contribution is 2.23. The molecule has 0 aliphatic carbocycles. The Morgan fingerprint density at radius 1 is 1.36 bits per heavy atom. The van der Waals surface area contributed by atoms with Crippen LogP contribution in [-0.4, -0.2) is 27.3 Å². The fourth-order valence-electron chi connectivity index (χ4n) is 2.35. The van der Waals surface area contributed by atoms with Crippen molar-refractivity contribution in [2.24, 2.45) is 5.92 Å². The van der Waals surface area contributed by atoms with Crippen LogP contribution in [0.1, 0.15) is 27.2 Å². The van der Waals surface area contributed by atoms with Crippen LogP contribution in [0, 0.1) is 5.92 Å². The minimum Gasteiger partial charge on any atom is -0.352 e. The standard InChI is InChI=1S/C19H25N3O2S/c1-5-11-20-17(23)14(4)25-19-21-16-9-7-6-8-15(16)18(24)22(19)12-10-13(2)3/h5-9,13-14H,1,10-12H2,2-4H3,(H,20,23). The second-order valence-electron chi connectivity index (χ2n) is 6.34. The van der Waals surface area contributed by atoms with Crippen LogP contribution in [0.5, 0.6) is 0 Å². The first-order valence-corrected chi connectivity index (χ1v) is 9.36. The molecule has 0 aliphatic heterocycles. The normalized spacial score (nSPS) is 12.3. The molecule has 134 valence electrons. The summed E-state index contributed by atoms with van der Waals surface area (Å²) in [5.41, 5.74) is 0.613. The number of thioether (sulfide) groups is 1. The molecule has 6 heteroatoms. The van der Waals surface area contributed by atoms with E-state index in [-0.39, 0.29) is 16.7 Å². The first-order valence-electron chi connectivity index (χ1n) is 8.49. The number of amides is 1. The maximum absolute atomic E-state index is 12.9. The fraction of sp³-hybridized carbons (Fsp3) is 0.421. The summed E-state index contributed by atoms with van der Waals surface area (Å²) in [6, 6.07) is 7.33. The summed E-state index contributed by atoms with van der Waals surface area (Å²) in [5, 5.41) is 3.63. The molecule has 0 fully saturated rings. The number of hydrogen-bond donors (Lipinski definition) is 1. The molecule has 0 saturated carbocycles. The van der Waals surface area contributed by atoms with E-state index in [2.05, 4.69) is 30.7 Å². The van der Waals surface area contributed by atoms with Crippen molar-refractivity contribution < 1.29 is 4.79 Å². The van der Waals surface area contributed by atoms with E-state index in [1.165, 1.54) is 11.8 Å². The molecule has 0 saturated heterocycles. The van der Waals surface area contributed by atoms with E-state index in [1.54, 1.807) is 16.7 Å². The maximum Gasteiger partial charge on any atom is 0.262 e. The molecular weight excluding hydrogens is 334 g/mol. The number of carbonyl (C=O) groups excluding carboxylic acids is 1. The number of nitrogens with zero attached hydrogens (tertiary/aromatic N) is 2. The average Bonchev–Trinajstić information content (AvgIpc) is 2.59. The van der Waals surface area contributed by atoms with Crippen LogP contribution < -0.4 is 10.9 Å². The van der Waals surface area contributed by atoms with Crippen LogP contribution in [0.3, 0.4) is 0 Å². The molecule has 1 aromatic carbocycles. The van der Waals surface area contributed by atoms with E-state index in [4.69, 9.17) is 0 Å². The molecule has 0 radical (unpaired) electrons. The van der Waals surface area contributed by atoms with Gasteiger partial charge in [0.25, 0.3) is 5.56 Å². The molecule has 1 atom stereocenters. The number of rotatable bonds is 8.